The highest BCUT2D eigenvalue weighted by Gasteiger charge is 2.03. The maximum absolute atomic E-state index is 5.97. The summed E-state index contributed by atoms with van der Waals surface area (Å²) in [5, 5.41) is 3.08. The van der Waals surface area contributed by atoms with E-state index in [-0.39, 0.29) is 6.10 Å². The van der Waals surface area contributed by atoms with Gasteiger partial charge in [0.2, 0.25) is 0 Å². The largest absolute Gasteiger partial charge is 0.491 e. The molecule has 0 aliphatic heterocycles. The molecule has 0 bridgehead atoms. The number of guanidine groups is 1. The minimum atomic E-state index is 0.155. The van der Waals surface area contributed by atoms with Crippen LogP contribution >= 0.6 is 0 Å². The van der Waals surface area contributed by atoms with Gasteiger partial charge in [-0.05, 0) is 63.6 Å². The Morgan fingerprint density at radius 2 is 1.85 bits per heavy atom. The van der Waals surface area contributed by atoms with Gasteiger partial charge in [-0.25, -0.2) is 9.98 Å². The first-order valence-corrected chi connectivity index (χ1v) is 9.05. The van der Waals surface area contributed by atoms with Crippen LogP contribution in [-0.4, -0.2) is 30.1 Å². The number of aromatic nitrogens is 1. The van der Waals surface area contributed by atoms with E-state index in [0.29, 0.717) is 12.5 Å². The van der Waals surface area contributed by atoms with E-state index in [1.807, 2.05) is 56.4 Å². The van der Waals surface area contributed by atoms with Crippen LogP contribution in [0.1, 0.15) is 33.3 Å². The summed E-state index contributed by atoms with van der Waals surface area (Å²) in [7, 11) is 0. The van der Waals surface area contributed by atoms with E-state index >= 15 is 0 Å². The van der Waals surface area contributed by atoms with Crippen molar-refractivity contribution in [3.05, 3.63) is 48.2 Å². The third-order valence-corrected chi connectivity index (χ3v) is 3.83. The number of hydrogen-bond donors (Lipinski definition) is 2. The second kappa shape index (κ2) is 9.65. The molecule has 0 saturated heterocycles. The van der Waals surface area contributed by atoms with Crippen molar-refractivity contribution in [1.29, 1.82) is 0 Å². The van der Waals surface area contributed by atoms with Crippen LogP contribution in [-0.2, 0) is 6.54 Å². The molecule has 1 aromatic carbocycles. The average molecular weight is 355 g/mol. The van der Waals surface area contributed by atoms with Crippen LogP contribution in [0.4, 0.5) is 11.5 Å². The lowest BCUT2D eigenvalue weighted by molar-refractivity contribution is 0.242. The molecule has 0 amide bonds. The predicted molar refractivity (Wildman–Crippen MR) is 109 cm³/mol. The van der Waals surface area contributed by atoms with Crippen LogP contribution in [0.5, 0.6) is 5.75 Å². The summed E-state index contributed by atoms with van der Waals surface area (Å²) in [4.78, 5) is 11.1. The van der Waals surface area contributed by atoms with Crippen molar-refractivity contribution in [3.8, 4) is 5.75 Å². The van der Waals surface area contributed by atoms with Gasteiger partial charge >= 0.3 is 0 Å². The van der Waals surface area contributed by atoms with Gasteiger partial charge in [0.15, 0.2) is 5.96 Å². The molecule has 0 fully saturated rings. The molecule has 140 valence electrons. The van der Waals surface area contributed by atoms with Crippen molar-refractivity contribution < 1.29 is 4.74 Å². The third-order valence-electron chi connectivity index (χ3n) is 3.83. The lowest BCUT2D eigenvalue weighted by Crippen LogP contribution is -2.23. The van der Waals surface area contributed by atoms with E-state index in [9.17, 15) is 0 Å². The van der Waals surface area contributed by atoms with Gasteiger partial charge < -0.3 is 20.7 Å². The van der Waals surface area contributed by atoms with E-state index in [0.717, 1.165) is 35.9 Å². The van der Waals surface area contributed by atoms with Crippen molar-refractivity contribution in [3.63, 3.8) is 0 Å². The van der Waals surface area contributed by atoms with E-state index in [4.69, 9.17) is 10.5 Å². The molecular formula is C20H29N5O. The van der Waals surface area contributed by atoms with Crippen LogP contribution < -0.4 is 20.7 Å². The number of nitrogens with one attached hydrogen (secondary N) is 1. The molecule has 0 spiro atoms. The Morgan fingerprint density at radius 1 is 1.15 bits per heavy atom. The van der Waals surface area contributed by atoms with Gasteiger partial charge in [0.05, 0.1) is 12.6 Å². The quantitative estimate of drug-likeness (QED) is 0.558. The molecule has 0 saturated carbocycles. The first-order valence-electron chi connectivity index (χ1n) is 9.05. The number of hydrogen-bond acceptors (Lipinski definition) is 4. The van der Waals surface area contributed by atoms with Crippen molar-refractivity contribution >= 4 is 17.5 Å². The standard InChI is InChI=1S/C20H29N5O/c1-5-25(6-2)19-12-7-16(13-22-19)14-23-20(21)24-17-8-10-18(11-9-17)26-15(3)4/h7-13,15H,5-6,14H2,1-4H3,(H3,21,23,24). The zero-order valence-corrected chi connectivity index (χ0v) is 16.1. The highest BCUT2D eigenvalue weighted by molar-refractivity contribution is 5.92. The maximum Gasteiger partial charge on any atom is 0.193 e. The Labute approximate surface area is 156 Å². The van der Waals surface area contributed by atoms with Crippen molar-refractivity contribution in [2.24, 2.45) is 10.7 Å². The second-order valence-corrected chi connectivity index (χ2v) is 6.21. The molecule has 2 aromatic rings. The zero-order chi connectivity index (χ0) is 18.9. The first kappa shape index (κ1) is 19.6. The molecule has 1 heterocycles. The number of pyridine rings is 1. The van der Waals surface area contributed by atoms with Gasteiger partial charge in [-0.1, -0.05) is 6.07 Å². The number of rotatable bonds is 8. The minimum absolute atomic E-state index is 0.155. The molecule has 0 unspecified atom stereocenters. The van der Waals surface area contributed by atoms with Crippen LogP contribution in [0.3, 0.4) is 0 Å². The summed E-state index contributed by atoms with van der Waals surface area (Å²) in [6.45, 7) is 10.6. The van der Waals surface area contributed by atoms with Crippen molar-refractivity contribution in [1.82, 2.24) is 4.98 Å². The third kappa shape index (κ3) is 5.95. The molecule has 0 atom stereocenters. The fraction of sp³-hybridized carbons (Fsp3) is 0.400. The van der Waals surface area contributed by atoms with Crippen molar-refractivity contribution in [2.45, 2.75) is 40.3 Å². The Hall–Kier alpha value is -2.76. The van der Waals surface area contributed by atoms with E-state index in [1.54, 1.807) is 0 Å². The normalized spacial score (nSPS) is 11.5. The molecule has 0 radical (unpaired) electrons. The Bertz CT molecular complexity index is 691. The fourth-order valence-corrected chi connectivity index (χ4v) is 2.50. The Kier molecular flexibility index (Phi) is 7.26. The molecule has 0 aliphatic carbocycles. The predicted octanol–water partition coefficient (Wildman–Crippen LogP) is 3.64. The maximum atomic E-state index is 5.97. The van der Waals surface area contributed by atoms with Gasteiger partial charge in [0.25, 0.3) is 0 Å². The van der Waals surface area contributed by atoms with Gasteiger partial charge in [0.1, 0.15) is 11.6 Å². The number of benzene rings is 1. The summed E-state index contributed by atoms with van der Waals surface area (Å²) in [5.74, 6) is 2.19. The molecule has 6 nitrogen and oxygen atoms in total. The van der Waals surface area contributed by atoms with E-state index in [1.165, 1.54) is 0 Å². The summed E-state index contributed by atoms with van der Waals surface area (Å²) < 4.78 is 5.62. The Balaban J connectivity index is 1.91. The molecule has 0 aliphatic rings. The summed E-state index contributed by atoms with van der Waals surface area (Å²) >= 11 is 0. The molecule has 6 heteroatoms. The molecule has 1 aromatic heterocycles. The Morgan fingerprint density at radius 3 is 2.38 bits per heavy atom. The molecule has 26 heavy (non-hydrogen) atoms. The number of nitrogens with two attached hydrogens (primary N) is 1. The topological polar surface area (TPSA) is 75.8 Å². The van der Waals surface area contributed by atoms with Crippen LogP contribution in [0.25, 0.3) is 0 Å². The van der Waals surface area contributed by atoms with E-state index in [2.05, 4.69) is 34.0 Å². The van der Waals surface area contributed by atoms with E-state index < -0.39 is 0 Å². The van der Waals surface area contributed by atoms with Crippen LogP contribution in [0.15, 0.2) is 47.6 Å². The minimum Gasteiger partial charge on any atom is -0.491 e. The zero-order valence-electron chi connectivity index (χ0n) is 16.1. The fourth-order valence-electron chi connectivity index (χ4n) is 2.50. The lowest BCUT2D eigenvalue weighted by atomic mass is 10.3. The summed E-state index contributed by atoms with van der Waals surface area (Å²) in [6, 6.07) is 11.7. The lowest BCUT2D eigenvalue weighted by Gasteiger charge is -2.19. The molecular weight excluding hydrogens is 326 g/mol. The van der Waals surface area contributed by atoms with Gasteiger partial charge in [0, 0.05) is 25.0 Å². The van der Waals surface area contributed by atoms with Crippen LogP contribution in [0.2, 0.25) is 0 Å². The SMILES string of the molecule is CCN(CC)c1ccc(CN=C(N)Nc2ccc(OC(C)C)cc2)cn1. The van der Waals surface area contributed by atoms with Gasteiger partial charge in [-0.3, -0.25) is 0 Å². The van der Waals surface area contributed by atoms with Crippen molar-refractivity contribution in [2.75, 3.05) is 23.3 Å². The molecule has 2 rings (SSSR count). The van der Waals surface area contributed by atoms with Gasteiger partial charge in [-0.2, -0.15) is 0 Å². The number of anilines is 2. The number of aliphatic imine (C=N–C) groups is 1. The second-order valence-electron chi connectivity index (χ2n) is 6.21. The summed E-state index contributed by atoms with van der Waals surface area (Å²) in [6.07, 6.45) is 2.00. The van der Waals surface area contributed by atoms with Crippen LogP contribution in [0, 0.1) is 0 Å². The summed E-state index contributed by atoms with van der Waals surface area (Å²) in [5.41, 5.74) is 7.86. The number of ether oxygens (including phenoxy) is 1. The highest BCUT2D eigenvalue weighted by atomic mass is 16.5. The number of nitrogens with zero attached hydrogens (tertiary/aromatic N) is 3. The highest BCUT2D eigenvalue weighted by Crippen LogP contribution is 2.17. The smallest absolute Gasteiger partial charge is 0.193 e. The first-order chi connectivity index (χ1) is 12.5. The van der Waals surface area contributed by atoms with Gasteiger partial charge in [-0.15, -0.1) is 0 Å². The molecule has 3 N–H and O–H groups in total. The monoisotopic (exact) mass is 355 g/mol. The average Bonchev–Trinajstić information content (AvgIpc) is 2.63.